The predicted octanol–water partition coefficient (Wildman–Crippen LogP) is 2.99. The Morgan fingerprint density at radius 2 is 1.59 bits per heavy atom. The first-order valence-corrected chi connectivity index (χ1v) is 11.6. The molecule has 8 nitrogen and oxygen atoms in total. The molecule has 3 unspecified atom stereocenters. The van der Waals surface area contributed by atoms with Gasteiger partial charge in [-0.2, -0.15) is 0 Å². The number of carbonyl (C=O) groups is 3. The van der Waals surface area contributed by atoms with E-state index in [1.165, 1.54) is 13.8 Å². The van der Waals surface area contributed by atoms with Gasteiger partial charge in [-0.05, 0) is 80.0 Å². The summed E-state index contributed by atoms with van der Waals surface area (Å²) >= 11 is 0. The number of nitrogens with one attached hydrogen (secondary N) is 2. The fourth-order valence-corrected chi connectivity index (χ4v) is 4.58. The Balaban J connectivity index is 2.22. The maximum Gasteiger partial charge on any atom is 0.457 e. The monoisotopic (exact) mass is 452 g/mol. The molecule has 2 N–H and O–H groups in total. The zero-order valence-corrected chi connectivity index (χ0v) is 21.2. The topological polar surface area (TPSA) is 103 Å². The SMILES string of the molecule is CC(=O)NC1(C(=O)NC(C)(C)C)CC(CCB2OC(C)(C)C(C)(C)O2)CCC1OC(C)=O. The molecule has 1 aliphatic heterocycles. The third-order valence-electron chi connectivity index (χ3n) is 6.71. The molecule has 32 heavy (non-hydrogen) atoms. The fraction of sp³-hybridized carbons (Fsp3) is 0.870. The quantitative estimate of drug-likeness (QED) is 0.475. The highest BCUT2D eigenvalue weighted by molar-refractivity contribution is 6.45. The van der Waals surface area contributed by atoms with Gasteiger partial charge < -0.3 is 24.7 Å². The Morgan fingerprint density at radius 3 is 2.06 bits per heavy atom. The molecular weight excluding hydrogens is 411 g/mol. The Morgan fingerprint density at radius 1 is 1.03 bits per heavy atom. The molecule has 182 valence electrons. The van der Waals surface area contributed by atoms with Crippen LogP contribution in [0.2, 0.25) is 6.32 Å². The number of hydrogen-bond donors (Lipinski definition) is 2. The van der Waals surface area contributed by atoms with Crippen molar-refractivity contribution in [3.05, 3.63) is 0 Å². The van der Waals surface area contributed by atoms with Crippen molar-refractivity contribution in [3.8, 4) is 0 Å². The standard InChI is InChI=1S/C23H41BN2O6/c1-15(27)25-23(19(29)26-20(3,4)5)14-17(10-11-18(23)30-16(2)28)12-13-24-31-21(6,7)22(8,9)32-24/h17-18H,10-14H2,1-9H3,(H,25,27)(H,26,29). The predicted molar refractivity (Wildman–Crippen MR) is 123 cm³/mol. The Labute approximate surface area is 193 Å². The van der Waals surface area contributed by atoms with Crippen LogP contribution in [0.3, 0.4) is 0 Å². The van der Waals surface area contributed by atoms with Crippen LogP contribution in [0.4, 0.5) is 0 Å². The first kappa shape index (κ1) is 26.6. The second-order valence-corrected chi connectivity index (χ2v) is 11.4. The summed E-state index contributed by atoms with van der Waals surface area (Å²) < 4.78 is 17.8. The molecule has 2 fully saturated rings. The molecule has 0 spiro atoms. The molecule has 2 rings (SSSR count). The van der Waals surface area contributed by atoms with Crippen molar-refractivity contribution in [2.45, 2.75) is 123 Å². The molecule has 0 aromatic carbocycles. The first-order valence-electron chi connectivity index (χ1n) is 11.6. The average Bonchev–Trinajstić information content (AvgIpc) is 2.79. The minimum Gasteiger partial charge on any atom is -0.459 e. The van der Waals surface area contributed by atoms with Crippen LogP contribution in [0.5, 0.6) is 0 Å². The van der Waals surface area contributed by atoms with Gasteiger partial charge in [0.25, 0.3) is 0 Å². The maximum atomic E-state index is 13.5. The summed E-state index contributed by atoms with van der Waals surface area (Å²) in [4.78, 5) is 37.4. The highest BCUT2D eigenvalue weighted by atomic mass is 16.7. The van der Waals surface area contributed by atoms with Gasteiger partial charge >= 0.3 is 13.1 Å². The van der Waals surface area contributed by atoms with E-state index < -0.39 is 34.4 Å². The molecule has 1 saturated heterocycles. The molecule has 1 heterocycles. The van der Waals surface area contributed by atoms with Crippen molar-refractivity contribution in [1.82, 2.24) is 10.6 Å². The van der Waals surface area contributed by atoms with E-state index in [-0.39, 0.29) is 24.9 Å². The van der Waals surface area contributed by atoms with Gasteiger partial charge in [0.1, 0.15) is 6.10 Å². The van der Waals surface area contributed by atoms with Gasteiger partial charge in [0.15, 0.2) is 5.54 Å². The summed E-state index contributed by atoms with van der Waals surface area (Å²) in [5, 5.41) is 5.85. The maximum absolute atomic E-state index is 13.5. The molecule has 9 heteroatoms. The summed E-state index contributed by atoms with van der Waals surface area (Å²) in [6, 6.07) is 0. The van der Waals surface area contributed by atoms with Crippen LogP contribution in [0, 0.1) is 5.92 Å². The van der Waals surface area contributed by atoms with E-state index >= 15 is 0 Å². The fourth-order valence-electron chi connectivity index (χ4n) is 4.58. The number of rotatable bonds is 6. The van der Waals surface area contributed by atoms with Crippen LogP contribution in [-0.4, -0.2) is 53.3 Å². The second kappa shape index (κ2) is 9.33. The van der Waals surface area contributed by atoms with Crippen molar-refractivity contribution in [2.24, 2.45) is 5.92 Å². The third kappa shape index (κ3) is 6.25. The van der Waals surface area contributed by atoms with Crippen molar-refractivity contribution < 1.29 is 28.4 Å². The van der Waals surface area contributed by atoms with Crippen LogP contribution in [0.15, 0.2) is 0 Å². The Hall–Kier alpha value is -1.61. The lowest BCUT2D eigenvalue weighted by atomic mass is 9.68. The summed E-state index contributed by atoms with van der Waals surface area (Å²) in [6.07, 6.45) is 2.39. The number of esters is 1. The molecule has 0 bridgehead atoms. The number of ether oxygens (including phenoxy) is 1. The minimum atomic E-state index is -1.32. The van der Waals surface area contributed by atoms with Crippen molar-refractivity contribution in [2.75, 3.05) is 0 Å². The van der Waals surface area contributed by atoms with Gasteiger partial charge in [-0.15, -0.1) is 0 Å². The summed E-state index contributed by atoms with van der Waals surface area (Å²) in [7, 11) is -0.315. The molecule has 2 amide bonds. The van der Waals surface area contributed by atoms with Crippen molar-refractivity contribution in [3.63, 3.8) is 0 Å². The summed E-state index contributed by atoms with van der Waals surface area (Å²) in [5.74, 6) is -0.994. The van der Waals surface area contributed by atoms with Crippen molar-refractivity contribution in [1.29, 1.82) is 0 Å². The van der Waals surface area contributed by atoms with Crippen LogP contribution >= 0.6 is 0 Å². The van der Waals surface area contributed by atoms with E-state index in [1.54, 1.807) is 0 Å². The van der Waals surface area contributed by atoms with Crippen LogP contribution in [0.1, 0.15) is 88.0 Å². The van der Waals surface area contributed by atoms with Gasteiger partial charge in [-0.25, -0.2) is 0 Å². The third-order valence-corrected chi connectivity index (χ3v) is 6.71. The minimum absolute atomic E-state index is 0.137. The molecule has 3 atom stereocenters. The van der Waals surface area contributed by atoms with E-state index in [0.29, 0.717) is 19.2 Å². The molecule has 0 radical (unpaired) electrons. The van der Waals surface area contributed by atoms with Crippen molar-refractivity contribution >= 4 is 24.9 Å². The van der Waals surface area contributed by atoms with E-state index in [0.717, 1.165) is 12.8 Å². The summed E-state index contributed by atoms with van der Waals surface area (Å²) in [6.45, 7) is 16.4. The Bertz CT molecular complexity index is 716. The van der Waals surface area contributed by atoms with E-state index in [9.17, 15) is 14.4 Å². The van der Waals surface area contributed by atoms with Gasteiger partial charge in [0.2, 0.25) is 11.8 Å². The summed E-state index contributed by atoms with van der Waals surface area (Å²) in [5.41, 5.74) is -2.60. The highest BCUT2D eigenvalue weighted by Crippen LogP contribution is 2.41. The Kier molecular flexibility index (Phi) is 7.77. The number of carbonyl (C=O) groups excluding carboxylic acids is 3. The van der Waals surface area contributed by atoms with Crippen LogP contribution in [0.25, 0.3) is 0 Å². The van der Waals surface area contributed by atoms with E-state index in [2.05, 4.69) is 10.6 Å². The molecule has 2 aliphatic rings. The van der Waals surface area contributed by atoms with Crippen LogP contribution < -0.4 is 10.6 Å². The molecule has 0 aromatic rings. The second-order valence-electron chi connectivity index (χ2n) is 11.4. The van der Waals surface area contributed by atoms with Gasteiger partial charge in [-0.1, -0.05) is 6.42 Å². The smallest absolute Gasteiger partial charge is 0.457 e. The lowest BCUT2D eigenvalue weighted by Gasteiger charge is -2.46. The molecular formula is C23H41BN2O6. The molecule has 1 aliphatic carbocycles. The normalized spacial score (nSPS) is 29.3. The lowest BCUT2D eigenvalue weighted by molar-refractivity contribution is -0.161. The van der Waals surface area contributed by atoms with Gasteiger partial charge in [-0.3, -0.25) is 14.4 Å². The highest BCUT2D eigenvalue weighted by Gasteiger charge is 2.54. The van der Waals surface area contributed by atoms with Crippen LogP contribution in [-0.2, 0) is 28.4 Å². The van der Waals surface area contributed by atoms with E-state index in [4.69, 9.17) is 14.0 Å². The molecule has 0 aromatic heterocycles. The van der Waals surface area contributed by atoms with Gasteiger partial charge in [0, 0.05) is 19.4 Å². The number of hydrogen-bond acceptors (Lipinski definition) is 6. The average molecular weight is 452 g/mol. The molecule has 1 saturated carbocycles. The largest absolute Gasteiger partial charge is 0.459 e. The lowest BCUT2D eigenvalue weighted by Crippen LogP contribution is -2.69. The first-order chi connectivity index (χ1) is 14.5. The number of amides is 2. The zero-order valence-electron chi connectivity index (χ0n) is 21.2. The zero-order chi connectivity index (χ0) is 24.5. The van der Waals surface area contributed by atoms with E-state index in [1.807, 2.05) is 48.5 Å². The van der Waals surface area contributed by atoms with Gasteiger partial charge in [0.05, 0.1) is 11.2 Å².